The lowest BCUT2D eigenvalue weighted by atomic mass is 10.1. The Morgan fingerprint density at radius 3 is 2.91 bits per heavy atom. The van der Waals surface area contributed by atoms with Crippen molar-refractivity contribution in [2.75, 3.05) is 11.9 Å². The molecule has 0 bridgehead atoms. The monoisotopic (exact) mass is 322 g/mol. The number of rotatable bonds is 3. The fourth-order valence-corrected chi connectivity index (χ4v) is 3.48. The number of thiophene rings is 1. The van der Waals surface area contributed by atoms with Gasteiger partial charge in [-0.1, -0.05) is 0 Å². The van der Waals surface area contributed by atoms with Gasteiger partial charge in [0.25, 0.3) is 0 Å². The maximum atomic E-state index is 13.2. The van der Waals surface area contributed by atoms with E-state index in [9.17, 15) is 13.6 Å². The summed E-state index contributed by atoms with van der Waals surface area (Å²) in [6.45, 7) is 3.39. The third kappa shape index (κ3) is 3.03. The molecule has 1 aliphatic rings. The molecule has 2 heterocycles. The van der Waals surface area contributed by atoms with E-state index in [1.54, 1.807) is 11.3 Å². The number of nitrogens with zero attached hydrogens (tertiary/aromatic N) is 1. The molecule has 1 amide bonds. The number of carbonyl (C=O) groups excluding carboxylic acids is 1. The van der Waals surface area contributed by atoms with Crippen molar-refractivity contribution < 1.29 is 13.6 Å². The second-order valence-corrected chi connectivity index (χ2v) is 6.38. The Bertz CT molecular complexity index is 701. The molecule has 1 aromatic carbocycles. The van der Waals surface area contributed by atoms with Gasteiger partial charge in [0.2, 0.25) is 5.91 Å². The predicted molar refractivity (Wildman–Crippen MR) is 82.9 cm³/mol. The quantitative estimate of drug-likeness (QED) is 0.939. The highest BCUT2D eigenvalue weighted by Gasteiger charge is 2.26. The molecule has 1 atom stereocenters. The summed E-state index contributed by atoms with van der Waals surface area (Å²) in [4.78, 5) is 15.8. The zero-order chi connectivity index (χ0) is 15.7. The van der Waals surface area contributed by atoms with E-state index in [4.69, 9.17) is 0 Å². The summed E-state index contributed by atoms with van der Waals surface area (Å²) in [7, 11) is 0. The van der Waals surface area contributed by atoms with Crippen LogP contribution >= 0.6 is 11.3 Å². The second-order valence-electron chi connectivity index (χ2n) is 5.38. The van der Waals surface area contributed by atoms with E-state index in [-0.39, 0.29) is 17.6 Å². The third-order valence-electron chi connectivity index (χ3n) is 3.95. The smallest absolute Gasteiger partial charge is 0.241 e. The number of fused-ring (bicyclic) bond motifs is 1. The molecule has 6 heteroatoms. The summed E-state index contributed by atoms with van der Waals surface area (Å²) in [6, 6.07) is 5.12. The van der Waals surface area contributed by atoms with E-state index >= 15 is 0 Å². The van der Waals surface area contributed by atoms with Crippen LogP contribution in [0.5, 0.6) is 0 Å². The zero-order valence-electron chi connectivity index (χ0n) is 12.1. The molecule has 0 saturated heterocycles. The molecule has 3 rings (SSSR count). The molecule has 3 nitrogen and oxygen atoms in total. The molecule has 0 fully saturated rings. The Hall–Kier alpha value is -1.79. The van der Waals surface area contributed by atoms with Crippen molar-refractivity contribution in [3.05, 3.63) is 51.7 Å². The number of halogens is 2. The average molecular weight is 322 g/mol. The lowest BCUT2D eigenvalue weighted by Crippen LogP contribution is -2.44. The summed E-state index contributed by atoms with van der Waals surface area (Å²) in [5.74, 6) is -2.11. The van der Waals surface area contributed by atoms with Crippen molar-refractivity contribution in [2.45, 2.75) is 25.9 Å². The van der Waals surface area contributed by atoms with Crippen LogP contribution in [-0.4, -0.2) is 23.4 Å². The van der Waals surface area contributed by atoms with Gasteiger partial charge in [0.05, 0.1) is 6.04 Å². The Morgan fingerprint density at radius 1 is 1.32 bits per heavy atom. The maximum absolute atomic E-state index is 13.2. The fourth-order valence-electron chi connectivity index (χ4n) is 2.59. The number of anilines is 1. The molecule has 1 aromatic heterocycles. The van der Waals surface area contributed by atoms with Gasteiger partial charge >= 0.3 is 0 Å². The minimum absolute atomic E-state index is 0.218. The van der Waals surface area contributed by atoms with E-state index in [1.807, 2.05) is 6.92 Å². The van der Waals surface area contributed by atoms with E-state index in [1.165, 1.54) is 16.5 Å². The highest BCUT2D eigenvalue weighted by atomic mass is 32.1. The molecule has 2 aromatic rings. The average Bonchev–Trinajstić information content (AvgIpc) is 2.97. The largest absolute Gasteiger partial charge is 0.325 e. The Balaban J connectivity index is 1.66. The van der Waals surface area contributed by atoms with Crippen molar-refractivity contribution in [2.24, 2.45) is 0 Å². The van der Waals surface area contributed by atoms with E-state index in [0.29, 0.717) is 0 Å². The van der Waals surface area contributed by atoms with Crippen molar-refractivity contribution in [3.63, 3.8) is 0 Å². The van der Waals surface area contributed by atoms with Crippen LogP contribution in [0.3, 0.4) is 0 Å². The number of amides is 1. The predicted octanol–water partition coefficient (Wildman–Crippen LogP) is 3.41. The van der Waals surface area contributed by atoms with Crippen molar-refractivity contribution in [1.82, 2.24) is 4.90 Å². The highest BCUT2D eigenvalue weighted by Crippen LogP contribution is 2.25. The molecule has 0 saturated carbocycles. The number of benzene rings is 1. The van der Waals surface area contributed by atoms with Gasteiger partial charge in [-0.3, -0.25) is 9.69 Å². The lowest BCUT2D eigenvalue weighted by Gasteiger charge is -2.31. The van der Waals surface area contributed by atoms with Crippen LogP contribution in [0.2, 0.25) is 0 Å². The van der Waals surface area contributed by atoms with Gasteiger partial charge in [0, 0.05) is 29.7 Å². The topological polar surface area (TPSA) is 32.3 Å². The molecule has 116 valence electrons. The molecule has 1 aliphatic heterocycles. The standard InChI is InChI=1S/C16H16F2N2OS/c1-10(20-6-4-15-11(9-20)5-7-22-15)16(21)19-12-2-3-13(17)14(18)8-12/h2-3,5,7-8,10H,4,6,9H2,1H3,(H,19,21)/t10-/m0/s1. The Labute approximate surface area is 131 Å². The van der Waals surface area contributed by atoms with E-state index in [2.05, 4.69) is 21.7 Å². The summed E-state index contributed by atoms with van der Waals surface area (Å²) in [6.07, 6.45) is 0.940. The molecule has 0 radical (unpaired) electrons. The van der Waals surface area contributed by atoms with Gasteiger partial charge in [0.15, 0.2) is 11.6 Å². The maximum Gasteiger partial charge on any atom is 0.241 e. The highest BCUT2D eigenvalue weighted by molar-refractivity contribution is 7.10. The first-order valence-corrected chi connectivity index (χ1v) is 7.98. The SMILES string of the molecule is C[C@@H](C(=O)Nc1ccc(F)c(F)c1)N1CCc2sccc2C1. The van der Waals surface area contributed by atoms with Crippen molar-refractivity contribution in [1.29, 1.82) is 0 Å². The van der Waals surface area contributed by atoms with Gasteiger partial charge in [-0.05, 0) is 42.5 Å². The first-order valence-electron chi connectivity index (χ1n) is 7.10. The van der Waals surface area contributed by atoms with E-state index < -0.39 is 11.6 Å². The molecular weight excluding hydrogens is 306 g/mol. The minimum Gasteiger partial charge on any atom is -0.325 e. The number of nitrogens with one attached hydrogen (secondary N) is 1. The summed E-state index contributed by atoms with van der Waals surface area (Å²) >= 11 is 1.75. The number of carbonyl (C=O) groups is 1. The van der Waals surface area contributed by atoms with Crippen LogP contribution in [0.1, 0.15) is 17.4 Å². The van der Waals surface area contributed by atoms with Gasteiger partial charge in [-0.2, -0.15) is 0 Å². The first-order chi connectivity index (χ1) is 10.5. The van der Waals surface area contributed by atoms with Gasteiger partial charge < -0.3 is 5.32 Å². The molecule has 0 aliphatic carbocycles. The van der Waals surface area contributed by atoms with Crippen LogP contribution in [0.25, 0.3) is 0 Å². The summed E-state index contributed by atoms with van der Waals surface area (Å²) in [5.41, 5.74) is 1.53. The van der Waals surface area contributed by atoms with Crippen LogP contribution < -0.4 is 5.32 Å². The Morgan fingerprint density at radius 2 is 2.14 bits per heavy atom. The van der Waals surface area contributed by atoms with Crippen molar-refractivity contribution >= 4 is 22.9 Å². The minimum atomic E-state index is -0.966. The van der Waals surface area contributed by atoms with Crippen LogP contribution in [0, 0.1) is 11.6 Å². The van der Waals surface area contributed by atoms with Crippen LogP contribution in [0.4, 0.5) is 14.5 Å². The number of hydrogen-bond acceptors (Lipinski definition) is 3. The van der Waals surface area contributed by atoms with Crippen LogP contribution in [-0.2, 0) is 17.8 Å². The normalized spacial score (nSPS) is 16.1. The molecule has 1 N–H and O–H groups in total. The second kappa shape index (κ2) is 6.14. The Kier molecular flexibility index (Phi) is 4.22. The van der Waals surface area contributed by atoms with Crippen molar-refractivity contribution in [3.8, 4) is 0 Å². The zero-order valence-corrected chi connectivity index (χ0v) is 12.9. The molecule has 0 spiro atoms. The van der Waals surface area contributed by atoms with Gasteiger partial charge in [0.1, 0.15) is 0 Å². The van der Waals surface area contributed by atoms with Gasteiger partial charge in [-0.25, -0.2) is 8.78 Å². The third-order valence-corrected chi connectivity index (χ3v) is 4.97. The fraction of sp³-hybridized carbons (Fsp3) is 0.312. The van der Waals surface area contributed by atoms with E-state index in [0.717, 1.165) is 31.6 Å². The lowest BCUT2D eigenvalue weighted by molar-refractivity contribution is -0.121. The van der Waals surface area contributed by atoms with Gasteiger partial charge in [-0.15, -0.1) is 11.3 Å². The molecular formula is C16H16F2N2OS. The molecule has 0 unspecified atom stereocenters. The number of hydrogen-bond donors (Lipinski definition) is 1. The molecule has 22 heavy (non-hydrogen) atoms. The van der Waals surface area contributed by atoms with Crippen LogP contribution in [0.15, 0.2) is 29.6 Å². The summed E-state index contributed by atoms with van der Waals surface area (Å²) < 4.78 is 26.1. The summed E-state index contributed by atoms with van der Waals surface area (Å²) in [5, 5.41) is 4.71. The first kappa shape index (κ1) is 15.1.